The summed E-state index contributed by atoms with van der Waals surface area (Å²) in [6, 6.07) is 21.1. The number of nitrogens with zero attached hydrogens (tertiary/aromatic N) is 2. The fraction of sp³-hybridized carbons (Fsp3) is 0.143. The van der Waals surface area contributed by atoms with Crippen LogP contribution in [0, 0.1) is 0 Å². The van der Waals surface area contributed by atoms with E-state index in [1.54, 1.807) is 29.2 Å². The number of rotatable bonds is 5. The standard InChI is InChI=1S/C21H20ClN3O/c1-2-25(19-9-5-7-15-6-3-4-8-18(15)19)21(26)16-10-12-17(13-11-16)24-20(23)14-22/h3-13H,2,14H2,1H3,(H2,23,24). The maximum atomic E-state index is 13.1. The second-order valence-electron chi connectivity index (χ2n) is 5.83. The lowest BCUT2D eigenvalue weighted by molar-refractivity contribution is 0.0988. The fourth-order valence-corrected chi connectivity index (χ4v) is 2.96. The molecule has 0 aromatic heterocycles. The summed E-state index contributed by atoms with van der Waals surface area (Å²) in [5, 5.41) is 2.17. The molecule has 4 nitrogen and oxygen atoms in total. The van der Waals surface area contributed by atoms with Crippen LogP contribution in [0.3, 0.4) is 0 Å². The first-order valence-electron chi connectivity index (χ1n) is 8.42. The Labute approximate surface area is 157 Å². The largest absolute Gasteiger partial charge is 0.386 e. The highest BCUT2D eigenvalue weighted by molar-refractivity contribution is 6.28. The Balaban J connectivity index is 1.94. The smallest absolute Gasteiger partial charge is 0.258 e. The number of alkyl halides is 1. The zero-order valence-corrected chi connectivity index (χ0v) is 15.3. The van der Waals surface area contributed by atoms with Gasteiger partial charge in [-0.3, -0.25) is 4.79 Å². The molecule has 0 unspecified atom stereocenters. The van der Waals surface area contributed by atoms with Crippen LogP contribution in [-0.4, -0.2) is 24.2 Å². The molecule has 26 heavy (non-hydrogen) atoms. The predicted octanol–water partition coefficient (Wildman–Crippen LogP) is 4.73. The first-order chi connectivity index (χ1) is 12.6. The fourth-order valence-electron chi connectivity index (χ4n) is 2.90. The quantitative estimate of drug-likeness (QED) is 0.403. The van der Waals surface area contributed by atoms with Crippen molar-refractivity contribution in [2.45, 2.75) is 6.92 Å². The van der Waals surface area contributed by atoms with Crippen molar-refractivity contribution >= 4 is 45.5 Å². The van der Waals surface area contributed by atoms with Crippen molar-refractivity contribution in [2.24, 2.45) is 10.7 Å². The number of halogens is 1. The molecule has 0 spiro atoms. The molecule has 132 valence electrons. The Morgan fingerprint density at radius 2 is 1.73 bits per heavy atom. The van der Waals surface area contributed by atoms with Gasteiger partial charge in [-0.15, -0.1) is 11.6 Å². The molecule has 0 bridgehead atoms. The van der Waals surface area contributed by atoms with Crippen molar-refractivity contribution in [2.75, 3.05) is 17.3 Å². The van der Waals surface area contributed by atoms with E-state index in [2.05, 4.69) is 4.99 Å². The van der Waals surface area contributed by atoms with E-state index in [1.807, 2.05) is 49.4 Å². The third-order valence-corrected chi connectivity index (χ3v) is 4.42. The number of anilines is 1. The van der Waals surface area contributed by atoms with Crippen LogP contribution in [0.4, 0.5) is 11.4 Å². The van der Waals surface area contributed by atoms with E-state index in [4.69, 9.17) is 17.3 Å². The van der Waals surface area contributed by atoms with Crippen LogP contribution in [0.2, 0.25) is 0 Å². The number of carbonyl (C=O) groups is 1. The van der Waals surface area contributed by atoms with Gasteiger partial charge in [0.25, 0.3) is 5.91 Å². The van der Waals surface area contributed by atoms with E-state index in [0.717, 1.165) is 16.5 Å². The molecular formula is C21H20ClN3O. The number of hydrogen-bond donors (Lipinski definition) is 1. The molecule has 3 aromatic carbocycles. The van der Waals surface area contributed by atoms with Gasteiger partial charge in [0.15, 0.2) is 0 Å². The van der Waals surface area contributed by atoms with E-state index in [1.165, 1.54) is 0 Å². The number of nitrogens with two attached hydrogens (primary N) is 1. The van der Waals surface area contributed by atoms with Crippen molar-refractivity contribution in [3.63, 3.8) is 0 Å². The van der Waals surface area contributed by atoms with Crippen molar-refractivity contribution < 1.29 is 4.79 Å². The summed E-state index contributed by atoms with van der Waals surface area (Å²) >= 11 is 5.64. The Bertz CT molecular complexity index is 946. The van der Waals surface area contributed by atoms with E-state index >= 15 is 0 Å². The molecule has 0 aliphatic heterocycles. The van der Waals surface area contributed by atoms with Crippen molar-refractivity contribution in [1.82, 2.24) is 0 Å². The Hall–Kier alpha value is -2.85. The molecule has 0 atom stereocenters. The van der Waals surface area contributed by atoms with Gasteiger partial charge in [0.2, 0.25) is 0 Å². The monoisotopic (exact) mass is 365 g/mol. The topological polar surface area (TPSA) is 58.7 Å². The lowest BCUT2D eigenvalue weighted by Gasteiger charge is -2.23. The summed E-state index contributed by atoms with van der Waals surface area (Å²) in [5.41, 5.74) is 7.83. The minimum Gasteiger partial charge on any atom is -0.386 e. The van der Waals surface area contributed by atoms with E-state index in [9.17, 15) is 4.79 Å². The Kier molecular flexibility index (Phi) is 5.54. The van der Waals surface area contributed by atoms with Gasteiger partial charge in [-0.1, -0.05) is 36.4 Å². The molecule has 0 radical (unpaired) electrons. The maximum Gasteiger partial charge on any atom is 0.258 e. The van der Waals surface area contributed by atoms with Gasteiger partial charge in [0.1, 0.15) is 5.84 Å². The number of benzene rings is 3. The van der Waals surface area contributed by atoms with Gasteiger partial charge in [-0.25, -0.2) is 4.99 Å². The zero-order valence-electron chi connectivity index (χ0n) is 14.5. The molecule has 0 aliphatic carbocycles. The van der Waals surface area contributed by atoms with Gasteiger partial charge in [0.05, 0.1) is 17.3 Å². The minimum absolute atomic E-state index is 0.0512. The Morgan fingerprint density at radius 3 is 2.42 bits per heavy atom. The summed E-state index contributed by atoms with van der Waals surface area (Å²) in [6.45, 7) is 2.55. The van der Waals surface area contributed by atoms with Crippen molar-refractivity contribution in [3.8, 4) is 0 Å². The van der Waals surface area contributed by atoms with Crippen LogP contribution < -0.4 is 10.6 Å². The molecule has 5 heteroatoms. The number of hydrogen-bond acceptors (Lipinski definition) is 2. The lowest BCUT2D eigenvalue weighted by atomic mass is 10.1. The number of aliphatic imine (C=N–C) groups is 1. The van der Waals surface area contributed by atoms with Crippen LogP contribution in [-0.2, 0) is 0 Å². The van der Waals surface area contributed by atoms with E-state index < -0.39 is 0 Å². The highest BCUT2D eigenvalue weighted by Crippen LogP contribution is 2.28. The van der Waals surface area contributed by atoms with E-state index in [0.29, 0.717) is 23.6 Å². The van der Waals surface area contributed by atoms with Crippen LogP contribution in [0.25, 0.3) is 10.8 Å². The normalized spacial score (nSPS) is 11.5. The third kappa shape index (κ3) is 3.70. The summed E-state index contributed by atoms with van der Waals surface area (Å²) in [4.78, 5) is 19.0. The second kappa shape index (κ2) is 8.02. The summed E-state index contributed by atoms with van der Waals surface area (Å²) in [5.74, 6) is 0.465. The predicted molar refractivity (Wildman–Crippen MR) is 110 cm³/mol. The molecule has 0 aliphatic rings. The average molecular weight is 366 g/mol. The minimum atomic E-state index is -0.0512. The Morgan fingerprint density at radius 1 is 1.04 bits per heavy atom. The van der Waals surface area contributed by atoms with Crippen LogP contribution in [0.15, 0.2) is 71.7 Å². The molecule has 3 aromatic rings. The first kappa shape index (κ1) is 18.0. The highest BCUT2D eigenvalue weighted by Gasteiger charge is 2.18. The van der Waals surface area contributed by atoms with Crippen molar-refractivity contribution in [1.29, 1.82) is 0 Å². The summed E-state index contributed by atoms with van der Waals surface area (Å²) in [6.07, 6.45) is 0. The molecular weight excluding hydrogens is 346 g/mol. The first-order valence-corrected chi connectivity index (χ1v) is 8.96. The number of fused-ring (bicyclic) bond motifs is 1. The molecule has 0 saturated heterocycles. The molecule has 0 saturated carbocycles. The van der Waals surface area contributed by atoms with Gasteiger partial charge in [0, 0.05) is 17.5 Å². The van der Waals surface area contributed by atoms with Gasteiger partial charge in [-0.05, 0) is 42.6 Å². The van der Waals surface area contributed by atoms with Crippen LogP contribution in [0.5, 0.6) is 0 Å². The molecule has 2 N–H and O–H groups in total. The van der Waals surface area contributed by atoms with E-state index in [-0.39, 0.29) is 11.8 Å². The molecule has 0 fully saturated rings. The van der Waals surface area contributed by atoms with Crippen molar-refractivity contribution in [3.05, 3.63) is 72.3 Å². The molecule has 1 amide bonds. The van der Waals surface area contributed by atoms with Gasteiger partial charge < -0.3 is 10.6 Å². The SMILES string of the molecule is CCN(C(=O)c1ccc(N=C(N)CCl)cc1)c1cccc2ccccc12. The van der Waals surface area contributed by atoms with Crippen LogP contribution in [0.1, 0.15) is 17.3 Å². The summed E-state index contributed by atoms with van der Waals surface area (Å²) < 4.78 is 0. The number of amidine groups is 1. The lowest BCUT2D eigenvalue weighted by Crippen LogP contribution is -2.30. The van der Waals surface area contributed by atoms with Crippen LogP contribution >= 0.6 is 11.6 Å². The number of carbonyl (C=O) groups excluding carboxylic acids is 1. The zero-order chi connectivity index (χ0) is 18.5. The van der Waals surface area contributed by atoms with Gasteiger partial charge in [-0.2, -0.15) is 0 Å². The second-order valence-corrected chi connectivity index (χ2v) is 6.10. The summed E-state index contributed by atoms with van der Waals surface area (Å²) in [7, 11) is 0. The highest BCUT2D eigenvalue weighted by atomic mass is 35.5. The average Bonchev–Trinajstić information content (AvgIpc) is 2.69. The molecule has 3 rings (SSSR count). The van der Waals surface area contributed by atoms with Gasteiger partial charge >= 0.3 is 0 Å². The third-order valence-electron chi connectivity index (χ3n) is 4.14. The maximum absolute atomic E-state index is 13.1. The molecule has 0 heterocycles. The number of amides is 1.